The second-order valence-electron chi connectivity index (χ2n) is 18.4. The van der Waals surface area contributed by atoms with Crippen LogP contribution in [-0.2, 0) is 24.7 Å². The second kappa shape index (κ2) is 18.2. The summed E-state index contributed by atoms with van der Waals surface area (Å²) in [5, 5.41) is 1.93. The van der Waals surface area contributed by atoms with Crippen molar-refractivity contribution in [3.8, 4) is 73.2 Å². The van der Waals surface area contributed by atoms with E-state index in [1.54, 1.807) is 10.6 Å². The largest absolute Gasteiger partial charge is 0.456 e. The number of benzene rings is 9. The average molecular weight is 1060 g/mol. The Kier molecular flexibility index (Phi) is 11.6. The van der Waals surface area contributed by atoms with Crippen LogP contribution in [0.4, 0.5) is 52.7 Å². The monoisotopic (exact) mass is 1060 g/mol. The van der Waals surface area contributed by atoms with Crippen molar-refractivity contribution < 1.29 is 57.1 Å². The van der Waals surface area contributed by atoms with Gasteiger partial charge in [-0.2, -0.15) is 52.7 Å². The topological polar surface area (TPSA) is 56.7 Å². The summed E-state index contributed by atoms with van der Waals surface area (Å²) in [5.74, 6) is 0.719. The van der Waals surface area contributed by atoms with Crippen LogP contribution in [0.5, 0.6) is 0 Å². The van der Waals surface area contributed by atoms with Crippen LogP contribution in [0.25, 0.3) is 117 Å². The fourth-order valence-electron chi connectivity index (χ4n) is 9.96. The smallest absolute Gasteiger partial charge is 0.417 e. The SMILES string of the molecule is FC(F)(F)c1ccc(-c2ccc3c(c2)c2cc(-c4ccc(C(F)(F)F)cc4C(F)(F)F)ccc2n3-c2ccc(-c3ccc4oc5ccccc5c4c3)cc2-c2nc(-c3ccccc3)nc(-c3ccccc3)n2)c(C(F)(F)F)c1. The fraction of sp³-hybridized carbons (Fsp3) is 0.0656. The van der Waals surface area contributed by atoms with E-state index in [2.05, 4.69) is 0 Å². The van der Waals surface area contributed by atoms with Gasteiger partial charge in [0, 0.05) is 38.2 Å². The van der Waals surface area contributed by atoms with Gasteiger partial charge in [0.2, 0.25) is 0 Å². The Hall–Kier alpha value is -9.25. The van der Waals surface area contributed by atoms with Gasteiger partial charge in [-0.25, -0.2) is 15.0 Å². The number of fused-ring (bicyclic) bond motifs is 6. The van der Waals surface area contributed by atoms with E-state index in [1.807, 2.05) is 115 Å². The first kappa shape index (κ1) is 49.6. The van der Waals surface area contributed by atoms with Crippen molar-refractivity contribution >= 4 is 43.7 Å². The summed E-state index contributed by atoms with van der Waals surface area (Å²) in [7, 11) is 0. The summed E-state index contributed by atoms with van der Waals surface area (Å²) < 4.78 is 180. The predicted octanol–water partition coefficient (Wildman–Crippen LogP) is 18.9. The summed E-state index contributed by atoms with van der Waals surface area (Å²) in [5.41, 5.74) is -2.72. The number of aromatic nitrogens is 4. The Morgan fingerprint density at radius 3 is 1.26 bits per heavy atom. The molecule has 3 aromatic heterocycles. The van der Waals surface area contributed by atoms with Gasteiger partial charge in [0.05, 0.1) is 39.0 Å². The van der Waals surface area contributed by atoms with E-state index in [0.29, 0.717) is 63.4 Å². The number of furan rings is 1. The van der Waals surface area contributed by atoms with Gasteiger partial charge >= 0.3 is 24.7 Å². The van der Waals surface area contributed by atoms with Crippen LogP contribution in [0.2, 0.25) is 0 Å². The number of rotatable bonds is 7. The van der Waals surface area contributed by atoms with Crippen molar-refractivity contribution in [2.24, 2.45) is 0 Å². The normalized spacial score (nSPS) is 12.6. The third-order valence-electron chi connectivity index (χ3n) is 13.6. The van der Waals surface area contributed by atoms with E-state index >= 15 is 0 Å². The summed E-state index contributed by atoms with van der Waals surface area (Å²) in [6, 6.07) is 47.3. The molecule has 0 bridgehead atoms. The van der Waals surface area contributed by atoms with Gasteiger partial charge in [0.25, 0.3) is 0 Å². The lowest BCUT2D eigenvalue weighted by Gasteiger charge is -2.17. The standard InChI is InChI=1S/C61H32F12N4O/c62-58(63,64)39-19-21-41(48(31-39)60(68,69)70)37-16-24-50-44(29-37)45-30-38(42-22-20-40(59(65,66)67)32-49(42)61(71,72)73)17-25-51(45)77(50)52-23-15-35(36-18-26-54-46(27-36)43-13-7-8-14-53(43)78-54)28-47(52)57-75-55(33-9-3-1-4-10-33)74-56(76-57)34-11-5-2-6-12-34/h1-32H. The lowest BCUT2D eigenvalue weighted by molar-refractivity contribution is -0.144. The molecule has 12 rings (SSSR count). The van der Waals surface area contributed by atoms with Crippen molar-refractivity contribution in [3.63, 3.8) is 0 Å². The molecule has 17 heteroatoms. The molecule has 0 aliphatic carbocycles. The molecule has 5 nitrogen and oxygen atoms in total. The van der Waals surface area contributed by atoms with Crippen LogP contribution >= 0.6 is 0 Å². The number of hydrogen-bond donors (Lipinski definition) is 0. The average Bonchev–Trinajstić information content (AvgIpc) is 4.20. The minimum Gasteiger partial charge on any atom is -0.456 e. The third kappa shape index (κ3) is 8.93. The fourth-order valence-corrected chi connectivity index (χ4v) is 9.96. The van der Waals surface area contributed by atoms with Crippen LogP contribution in [0.1, 0.15) is 22.3 Å². The third-order valence-corrected chi connectivity index (χ3v) is 13.6. The summed E-state index contributed by atoms with van der Waals surface area (Å²) in [4.78, 5) is 15.0. The molecule has 0 N–H and O–H groups in total. The molecular formula is C61H32F12N4O. The zero-order chi connectivity index (χ0) is 54.5. The van der Waals surface area contributed by atoms with Gasteiger partial charge < -0.3 is 8.98 Å². The van der Waals surface area contributed by atoms with Crippen LogP contribution in [0.15, 0.2) is 199 Å². The quantitative estimate of drug-likeness (QED) is 0.149. The molecule has 0 radical (unpaired) electrons. The van der Waals surface area contributed by atoms with Gasteiger partial charge in [-0.15, -0.1) is 0 Å². The Labute approximate surface area is 433 Å². The van der Waals surface area contributed by atoms with Crippen molar-refractivity contribution in [2.75, 3.05) is 0 Å². The molecule has 3 heterocycles. The molecule has 0 aliphatic rings. The van der Waals surface area contributed by atoms with Crippen molar-refractivity contribution in [2.45, 2.75) is 24.7 Å². The number of alkyl halides is 12. The Bertz CT molecular complexity index is 4140. The molecule has 0 unspecified atom stereocenters. The Morgan fingerprint density at radius 1 is 0.308 bits per heavy atom. The van der Waals surface area contributed by atoms with E-state index in [0.717, 1.165) is 16.3 Å². The molecule has 12 aromatic rings. The molecule has 0 aliphatic heterocycles. The highest BCUT2D eigenvalue weighted by Gasteiger charge is 2.40. The number of halogens is 12. The second-order valence-corrected chi connectivity index (χ2v) is 18.4. The first-order valence-electron chi connectivity index (χ1n) is 23.8. The first-order chi connectivity index (χ1) is 37.2. The molecule has 0 spiro atoms. The molecule has 9 aromatic carbocycles. The van der Waals surface area contributed by atoms with Crippen LogP contribution in [0, 0.1) is 0 Å². The number of para-hydroxylation sites is 1. The zero-order valence-corrected chi connectivity index (χ0v) is 39.7. The minimum atomic E-state index is -5.28. The highest BCUT2D eigenvalue weighted by molar-refractivity contribution is 6.12. The zero-order valence-electron chi connectivity index (χ0n) is 39.7. The maximum atomic E-state index is 14.8. The van der Waals surface area contributed by atoms with Crippen molar-refractivity contribution in [3.05, 3.63) is 216 Å². The van der Waals surface area contributed by atoms with E-state index in [4.69, 9.17) is 19.4 Å². The van der Waals surface area contributed by atoms with Gasteiger partial charge in [0.15, 0.2) is 17.5 Å². The van der Waals surface area contributed by atoms with Gasteiger partial charge in [-0.3, -0.25) is 0 Å². The number of nitrogens with zero attached hydrogens (tertiary/aromatic N) is 4. The van der Waals surface area contributed by atoms with Gasteiger partial charge in [-0.05, 0) is 112 Å². The van der Waals surface area contributed by atoms with Crippen LogP contribution in [0.3, 0.4) is 0 Å². The van der Waals surface area contributed by atoms with E-state index < -0.39 is 58.1 Å². The molecule has 0 saturated carbocycles. The molecule has 78 heavy (non-hydrogen) atoms. The molecule has 0 fully saturated rings. The molecular weight excluding hydrogens is 1030 g/mol. The van der Waals surface area contributed by atoms with Crippen molar-refractivity contribution in [1.29, 1.82) is 0 Å². The number of hydrogen-bond acceptors (Lipinski definition) is 4. The first-order valence-corrected chi connectivity index (χ1v) is 23.8. The summed E-state index contributed by atoms with van der Waals surface area (Å²) >= 11 is 0. The van der Waals surface area contributed by atoms with Gasteiger partial charge in [-0.1, -0.05) is 115 Å². The van der Waals surface area contributed by atoms with Gasteiger partial charge in [0.1, 0.15) is 11.2 Å². The lowest BCUT2D eigenvalue weighted by atomic mass is 9.94. The lowest BCUT2D eigenvalue weighted by Crippen LogP contribution is -2.12. The highest BCUT2D eigenvalue weighted by atomic mass is 19.4. The van der Waals surface area contributed by atoms with E-state index in [9.17, 15) is 52.7 Å². The van der Waals surface area contributed by atoms with Crippen molar-refractivity contribution in [1.82, 2.24) is 19.5 Å². The molecule has 386 valence electrons. The Morgan fingerprint density at radius 2 is 0.744 bits per heavy atom. The molecule has 0 saturated heterocycles. The van der Waals surface area contributed by atoms with E-state index in [1.165, 1.54) is 36.4 Å². The maximum Gasteiger partial charge on any atom is 0.417 e. The highest BCUT2D eigenvalue weighted by Crippen LogP contribution is 2.47. The molecule has 0 amide bonds. The van der Waals surface area contributed by atoms with Crippen LogP contribution in [-0.4, -0.2) is 19.5 Å². The summed E-state index contributed by atoms with van der Waals surface area (Å²) in [6.07, 6.45) is -20.8. The predicted molar refractivity (Wildman–Crippen MR) is 274 cm³/mol. The summed E-state index contributed by atoms with van der Waals surface area (Å²) in [6.45, 7) is 0. The Balaban J connectivity index is 1.16. The van der Waals surface area contributed by atoms with E-state index in [-0.39, 0.29) is 62.5 Å². The minimum absolute atomic E-state index is 0.00687. The van der Waals surface area contributed by atoms with Crippen LogP contribution < -0.4 is 0 Å². The maximum absolute atomic E-state index is 14.8. The molecule has 0 atom stereocenters.